The zero-order valence-electron chi connectivity index (χ0n) is 13.4. The number of carbonyl (C=O) groups excluding carboxylic acids is 1. The van der Waals surface area contributed by atoms with Gasteiger partial charge in [0, 0.05) is 12.6 Å². The molecule has 0 aromatic rings. The van der Waals surface area contributed by atoms with Crippen molar-refractivity contribution in [1.29, 1.82) is 0 Å². The topological polar surface area (TPSA) is 29.1 Å². The lowest BCUT2D eigenvalue weighted by Gasteiger charge is -2.10. The fourth-order valence-corrected chi connectivity index (χ4v) is 2.94. The fraction of sp³-hybridized carbons (Fsp3) is 0.526. The first kappa shape index (κ1) is 15.8. The zero-order chi connectivity index (χ0) is 15.2. The third kappa shape index (κ3) is 4.45. The van der Waals surface area contributed by atoms with Gasteiger partial charge in [-0.05, 0) is 48.7 Å². The Morgan fingerprint density at radius 1 is 1.43 bits per heavy atom. The predicted molar refractivity (Wildman–Crippen MR) is 88.5 cm³/mol. The summed E-state index contributed by atoms with van der Waals surface area (Å²) in [6, 6.07) is 0. The van der Waals surface area contributed by atoms with Crippen molar-refractivity contribution < 1.29 is 4.79 Å². The van der Waals surface area contributed by atoms with E-state index in [4.69, 9.17) is 0 Å². The maximum atomic E-state index is 11.2. The molecule has 1 fully saturated rings. The van der Waals surface area contributed by atoms with Crippen LogP contribution >= 0.6 is 0 Å². The average Bonchev–Trinajstić information content (AvgIpc) is 3.25. The highest BCUT2D eigenvalue weighted by Crippen LogP contribution is 2.47. The van der Waals surface area contributed by atoms with Crippen molar-refractivity contribution in [2.75, 3.05) is 0 Å². The van der Waals surface area contributed by atoms with E-state index in [9.17, 15) is 4.79 Å². The van der Waals surface area contributed by atoms with E-state index in [1.807, 2.05) is 13.1 Å². The molecule has 1 N–H and O–H groups in total. The molecule has 1 saturated carbocycles. The van der Waals surface area contributed by atoms with Crippen LogP contribution in [-0.4, -0.2) is 5.91 Å². The molecule has 0 aromatic heterocycles. The van der Waals surface area contributed by atoms with Crippen molar-refractivity contribution in [2.45, 2.75) is 46.5 Å². The highest BCUT2D eigenvalue weighted by molar-refractivity contribution is 5.76. The minimum absolute atomic E-state index is 0.0859. The molecule has 3 atom stereocenters. The summed E-state index contributed by atoms with van der Waals surface area (Å²) in [7, 11) is 0. The molecule has 0 spiro atoms. The molecule has 2 heteroatoms. The Bertz CT molecular complexity index is 496. The monoisotopic (exact) mass is 285 g/mol. The van der Waals surface area contributed by atoms with Gasteiger partial charge in [-0.2, -0.15) is 0 Å². The quantitative estimate of drug-likeness (QED) is 0.763. The molecule has 2 nitrogen and oxygen atoms in total. The van der Waals surface area contributed by atoms with Crippen LogP contribution in [0.1, 0.15) is 46.5 Å². The van der Waals surface area contributed by atoms with Crippen LogP contribution < -0.4 is 5.32 Å². The van der Waals surface area contributed by atoms with Crippen LogP contribution in [0.25, 0.3) is 0 Å². The third-order valence-electron chi connectivity index (χ3n) is 4.39. The van der Waals surface area contributed by atoms with Crippen LogP contribution in [0.15, 0.2) is 47.7 Å². The lowest BCUT2D eigenvalue weighted by atomic mass is 9.95. The standard InChI is InChI=1S/C19H27NO/c1-4-7-15-12-16(9-6-8-14(15)3)18-13-17(18)10-11-20-19(21)5-2/h6,8-12,16-18H,4-5,7,13H2,1-3H3,(H,20,21)/b11-10+/t16-,17-,18?/m1/s1. The maximum absolute atomic E-state index is 11.2. The smallest absolute Gasteiger partial charge is 0.223 e. The van der Waals surface area contributed by atoms with Crippen LogP contribution in [0.4, 0.5) is 0 Å². The number of amides is 1. The van der Waals surface area contributed by atoms with Gasteiger partial charge < -0.3 is 5.32 Å². The summed E-state index contributed by atoms with van der Waals surface area (Å²) in [6.07, 6.45) is 17.3. The van der Waals surface area contributed by atoms with Crippen molar-refractivity contribution in [3.63, 3.8) is 0 Å². The largest absolute Gasteiger partial charge is 0.333 e. The van der Waals surface area contributed by atoms with E-state index in [0.29, 0.717) is 24.2 Å². The average molecular weight is 285 g/mol. The van der Waals surface area contributed by atoms with Crippen molar-refractivity contribution in [2.24, 2.45) is 17.8 Å². The number of allylic oxidation sites excluding steroid dienone is 7. The molecule has 0 aromatic carbocycles. The Morgan fingerprint density at radius 3 is 2.95 bits per heavy atom. The molecule has 2 aliphatic rings. The van der Waals surface area contributed by atoms with Gasteiger partial charge in [0.1, 0.15) is 0 Å². The molecule has 2 aliphatic carbocycles. The van der Waals surface area contributed by atoms with Crippen LogP contribution in [0.5, 0.6) is 0 Å². The van der Waals surface area contributed by atoms with Gasteiger partial charge in [-0.1, -0.05) is 50.6 Å². The minimum atomic E-state index is 0.0859. The molecule has 0 radical (unpaired) electrons. The molecule has 2 rings (SSSR count). The second-order valence-electron chi connectivity index (χ2n) is 6.10. The van der Waals surface area contributed by atoms with Gasteiger partial charge in [-0.15, -0.1) is 0 Å². The Labute approximate surface area is 128 Å². The number of carbonyl (C=O) groups is 1. The second kappa shape index (κ2) is 7.44. The lowest BCUT2D eigenvalue weighted by molar-refractivity contribution is -0.119. The van der Waals surface area contributed by atoms with Crippen molar-refractivity contribution in [3.05, 3.63) is 47.7 Å². The molecule has 1 amide bonds. The number of rotatable bonds is 6. The fourth-order valence-electron chi connectivity index (χ4n) is 2.94. The summed E-state index contributed by atoms with van der Waals surface area (Å²) in [5, 5.41) is 2.81. The molecule has 0 bridgehead atoms. The first-order valence-electron chi connectivity index (χ1n) is 8.17. The first-order valence-corrected chi connectivity index (χ1v) is 8.17. The molecule has 21 heavy (non-hydrogen) atoms. The van der Waals surface area contributed by atoms with Gasteiger partial charge in [0.15, 0.2) is 0 Å². The van der Waals surface area contributed by atoms with Gasteiger partial charge in [-0.3, -0.25) is 4.79 Å². The second-order valence-corrected chi connectivity index (χ2v) is 6.10. The molecule has 114 valence electrons. The number of nitrogens with one attached hydrogen (secondary N) is 1. The summed E-state index contributed by atoms with van der Waals surface area (Å²) in [4.78, 5) is 11.2. The van der Waals surface area contributed by atoms with Gasteiger partial charge >= 0.3 is 0 Å². The normalized spacial score (nSPS) is 28.0. The Kier molecular flexibility index (Phi) is 5.60. The highest BCUT2D eigenvalue weighted by Gasteiger charge is 2.39. The van der Waals surface area contributed by atoms with Gasteiger partial charge in [0.2, 0.25) is 5.91 Å². The Balaban J connectivity index is 1.93. The van der Waals surface area contributed by atoms with Crippen LogP contribution in [0.2, 0.25) is 0 Å². The van der Waals surface area contributed by atoms with Crippen molar-refractivity contribution in [3.8, 4) is 0 Å². The summed E-state index contributed by atoms with van der Waals surface area (Å²) < 4.78 is 0. The molecule has 0 aliphatic heterocycles. The van der Waals surface area contributed by atoms with Crippen LogP contribution in [0, 0.1) is 17.8 Å². The lowest BCUT2D eigenvalue weighted by Crippen LogP contribution is -2.14. The summed E-state index contributed by atoms with van der Waals surface area (Å²) >= 11 is 0. The molecule has 0 saturated heterocycles. The van der Waals surface area contributed by atoms with E-state index in [1.165, 1.54) is 30.4 Å². The van der Waals surface area contributed by atoms with E-state index in [0.717, 1.165) is 0 Å². The van der Waals surface area contributed by atoms with Gasteiger partial charge in [0.05, 0.1) is 0 Å². The first-order chi connectivity index (χ1) is 10.2. The number of hydrogen-bond acceptors (Lipinski definition) is 1. The molecular formula is C19H27NO. The van der Waals surface area contributed by atoms with E-state index in [1.54, 1.807) is 0 Å². The summed E-state index contributed by atoms with van der Waals surface area (Å²) in [5.41, 5.74) is 2.90. The Morgan fingerprint density at radius 2 is 2.24 bits per heavy atom. The third-order valence-corrected chi connectivity index (χ3v) is 4.39. The van der Waals surface area contributed by atoms with E-state index < -0.39 is 0 Å². The zero-order valence-corrected chi connectivity index (χ0v) is 13.4. The Hall–Kier alpha value is -1.57. The van der Waals surface area contributed by atoms with Crippen LogP contribution in [0.3, 0.4) is 0 Å². The summed E-state index contributed by atoms with van der Waals surface area (Å²) in [5.74, 6) is 1.93. The van der Waals surface area contributed by atoms with Crippen molar-refractivity contribution in [1.82, 2.24) is 5.32 Å². The predicted octanol–water partition coefficient (Wildman–Crippen LogP) is 4.52. The van der Waals surface area contributed by atoms with Crippen LogP contribution in [-0.2, 0) is 4.79 Å². The van der Waals surface area contributed by atoms with Gasteiger partial charge in [-0.25, -0.2) is 0 Å². The maximum Gasteiger partial charge on any atom is 0.223 e. The van der Waals surface area contributed by atoms with E-state index >= 15 is 0 Å². The van der Waals surface area contributed by atoms with E-state index in [2.05, 4.69) is 49.5 Å². The molecular weight excluding hydrogens is 258 g/mol. The van der Waals surface area contributed by atoms with E-state index in [-0.39, 0.29) is 5.91 Å². The molecule has 1 unspecified atom stereocenters. The van der Waals surface area contributed by atoms with Crippen molar-refractivity contribution >= 4 is 5.91 Å². The van der Waals surface area contributed by atoms with Gasteiger partial charge in [0.25, 0.3) is 0 Å². The minimum Gasteiger partial charge on any atom is -0.333 e. The molecule has 0 heterocycles. The SMILES string of the molecule is CCCC1=C[C@H](C2C[C@H]2/C=C/NC(=O)CC)C=CC=C1C. The highest BCUT2D eigenvalue weighted by atomic mass is 16.1. The number of hydrogen-bond donors (Lipinski definition) is 1. The summed E-state index contributed by atoms with van der Waals surface area (Å²) in [6.45, 7) is 6.31.